The van der Waals surface area contributed by atoms with Gasteiger partial charge in [0.05, 0.1) is 19.6 Å². The number of hydrogen-bond acceptors (Lipinski definition) is 0. The van der Waals surface area contributed by atoms with E-state index in [1.165, 1.54) is 0 Å². The molecule has 58 valence electrons. The van der Waals surface area contributed by atoms with Gasteiger partial charge in [0.1, 0.15) is 6.54 Å². The van der Waals surface area contributed by atoms with Crippen LogP contribution in [-0.2, 0) is 0 Å². The van der Waals surface area contributed by atoms with Gasteiger partial charge in [-0.15, -0.1) is 6.42 Å². The molecule has 0 bridgehead atoms. The molecule has 0 fully saturated rings. The van der Waals surface area contributed by atoms with Crippen LogP contribution in [0.4, 0.5) is 0 Å². The van der Waals surface area contributed by atoms with Gasteiger partial charge in [0.15, 0.2) is 0 Å². The van der Waals surface area contributed by atoms with E-state index in [0.717, 1.165) is 30.7 Å². The van der Waals surface area contributed by atoms with Crippen LogP contribution in [0.3, 0.4) is 0 Å². The van der Waals surface area contributed by atoms with Crippen LogP contribution in [0.25, 0.3) is 0 Å². The molecular weight excluding hydrogens is 122 g/mol. The van der Waals surface area contributed by atoms with Gasteiger partial charge in [-0.2, -0.15) is 0 Å². The highest BCUT2D eigenvalue weighted by Gasteiger charge is 2.17. The van der Waals surface area contributed by atoms with Crippen LogP contribution < -0.4 is 0 Å². The van der Waals surface area contributed by atoms with Gasteiger partial charge in [0.25, 0.3) is 0 Å². The van der Waals surface area contributed by atoms with E-state index < -0.39 is 0 Å². The van der Waals surface area contributed by atoms with E-state index in [0.29, 0.717) is 0 Å². The van der Waals surface area contributed by atoms with Crippen molar-refractivity contribution in [3.63, 3.8) is 0 Å². The first kappa shape index (κ1) is 9.52. The molecule has 0 rings (SSSR count). The minimum absolute atomic E-state index is 0.878. The van der Waals surface area contributed by atoms with Crippen LogP contribution in [0.1, 0.15) is 20.8 Å². The van der Waals surface area contributed by atoms with E-state index in [1.807, 2.05) is 0 Å². The fourth-order valence-corrected chi connectivity index (χ4v) is 1.20. The fourth-order valence-electron chi connectivity index (χ4n) is 1.20. The van der Waals surface area contributed by atoms with Crippen LogP contribution in [0.5, 0.6) is 0 Å². The zero-order chi connectivity index (χ0) is 8.04. The van der Waals surface area contributed by atoms with E-state index in [2.05, 4.69) is 26.7 Å². The number of hydrogen-bond donors (Lipinski definition) is 0. The Morgan fingerprint density at radius 1 is 1.10 bits per heavy atom. The molecule has 0 aromatic carbocycles. The Balaban J connectivity index is 4.04. The van der Waals surface area contributed by atoms with Crippen molar-refractivity contribution >= 4 is 0 Å². The highest BCUT2D eigenvalue weighted by atomic mass is 15.3. The highest BCUT2D eigenvalue weighted by Crippen LogP contribution is 2.03. The molecule has 0 unspecified atom stereocenters. The minimum atomic E-state index is 0.878. The molecule has 0 aliphatic carbocycles. The predicted molar refractivity (Wildman–Crippen MR) is 45.6 cm³/mol. The molecule has 1 heteroatoms. The zero-order valence-electron chi connectivity index (χ0n) is 7.35. The van der Waals surface area contributed by atoms with Crippen molar-refractivity contribution in [1.29, 1.82) is 0 Å². The van der Waals surface area contributed by atoms with Gasteiger partial charge >= 0.3 is 0 Å². The largest absolute Gasteiger partial charge is 0.314 e. The van der Waals surface area contributed by atoms with Gasteiger partial charge in [-0.1, -0.05) is 0 Å². The maximum atomic E-state index is 5.28. The molecule has 0 heterocycles. The molecule has 0 radical (unpaired) electrons. The minimum Gasteiger partial charge on any atom is -0.314 e. The molecule has 0 atom stereocenters. The molecule has 0 aromatic rings. The summed E-state index contributed by atoms with van der Waals surface area (Å²) in [6, 6.07) is 0. The van der Waals surface area contributed by atoms with Gasteiger partial charge in [-0.3, -0.25) is 0 Å². The first-order chi connectivity index (χ1) is 4.74. The fraction of sp³-hybridized carbons (Fsp3) is 0.778. The Morgan fingerprint density at radius 2 is 1.50 bits per heavy atom. The SMILES string of the molecule is C#CC[N+](CC)(CC)CC. The molecule has 0 aliphatic rings. The summed E-state index contributed by atoms with van der Waals surface area (Å²) in [5.41, 5.74) is 0. The third-order valence-corrected chi connectivity index (χ3v) is 2.44. The summed E-state index contributed by atoms with van der Waals surface area (Å²) in [4.78, 5) is 0. The highest BCUT2D eigenvalue weighted by molar-refractivity contribution is 4.83. The van der Waals surface area contributed by atoms with Gasteiger partial charge < -0.3 is 4.48 Å². The summed E-state index contributed by atoms with van der Waals surface area (Å²) in [6.07, 6.45) is 5.28. The second-order valence-corrected chi connectivity index (χ2v) is 2.65. The molecule has 0 spiro atoms. The van der Waals surface area contributed by atoms with Gasteiger partial charge in [0.2, 0.25) is 0 Å². The van der Waals surface area contributed by atoms with Crippen LogP contribution in [-0.4, -0.2) is 30.7 Å². The lowest BCUT2D eigenvalue weighted by atomic mass is 10.3. The maximum absolute atomic E-state index is 5.28. The van der Waals surface area contributed by atoms with Crippen molar-refractivity contribution in [3.8, 4) is 12.3 Å². The van der Waals surface area contributed by atoms with E-state index in [4.69, 9.17) is 6.42 Å². The number of terminal acetylenes is 1. The monoisotopic (exact) mass is 140 g/mol. The quantitative estimate of drug-likeness (QED) is 0.410. The number of quaternary nitrogens is 1. The summed E-state index contributed by atoms with van der Waals surface area (Å²) in [7, 11) is 0. The van der Waals surface area contributed by atoms with Crippen molar-refractivity contribution in [2.45, 2.75) is 20.8 Å². The van der Waals surface area contributed by atoms with Crippen molar-refractivity contribution in [2.24, 2.45) is 0 Å². The molecule has 1 nitrogen and oxygen atoms in total. The summed E-state index contributed by atoms with van der Waals surface area (Å²) >= 11 is 0. The van der Waals surface area contributed by atoms with Crippen molar-refractivity contribution in [2.75, 3.05) is 26.2 Å². The Morgan fingerprint density at radius 3 is 1.60 bits per heavy atom. The second kappa shape index (κ2) is 4.35. The molecule has 0 saturated carbocycles. The van der Waals surface area contributed by atoms with Crippen molar-refractivity contribution < 1.29 is 4.48 Å². The summed E-state index contributed by atoms with van der Waals surface area (Å²) in [5.74, 6) is 2.73. The van der Waals surface area contributed by atoms with Crippen LogP contribution in [0.15, 0.2) is 0 Å². The van der Waals surface area contributed by atoms with Gasteiger partial charge in [-0.25, -0.2) is 0 Å². The molecular formula is C9H18N+. The number of rotatable bonds is 4. The smallest absolute Gasteiger partial charge is 0.140 e. The molecule has 0 amide bonds. The summed E-state index contributed by atoms with van der Waals surface area (Å²) < 4.78 is 1.07. The van der Waals surface area contributed by atoms with Crippen LogP contribution >= 0.6 is 0 Å². The van der Waals surface area contributed by atoms with Crippen LogP contribution in [0.2, 0.25) is 0 Å². The van der Waals surface area contributed by atoms with Crippen LogP contribution in [0, 0.1) is 12.3 Å². The average Bonchev–Trinajstić information content (AvgIpc) is 2.01. The third-order valence-electron chi connectivity index (χ3n) is 2.44. The topological polar surface area (TPSA) is 0 Å². The van der Waals surface area contributed by atoms with E-state index in [9.17, 15) is 0 Å². The summed E-state index contributed by atoms with van der Waals surface area (Å²) in [6.45, 7) is 10.9. The van der Waals surface area contributed by atoms with Crippen molar-refractivity contribution in [1.82, 2.24) is 0 Å². The Kier molecular flexibility index (Phi) is 4.14. The van der Waals surface area contributed by atoms with Gasteiger partial charge in [0, 0.05) is 0 Å². The lowest BCUT2D eigenvalue weighted by Gasteiger charge is -2.33. The average molecular weight is 140 g/mol. The standard InChI is InChI=1S/C9H18N/c1-5-9-10(6-2,7-3)8-4/h1H,6-9H2,2-4H3/q+1. The van der Waals surface area contributed by atoms with E-state index >= 15 is 0 Å². The Labute approximate surface area is 64.6 Å². The van der Waals surface area contributed by atoms with E-state index in [-0.39, 0.29) is 0 Å². The molecule has 0 aromatic heterocycles. The number of nitrogens with zero attached hydrogens (tertiary/aromatic N) is 1. The Hall–Kier alpha value is -0.480. The first-order valence-electron chi connectivity index (χ1n) is 4.03. The normalized spacial score (nSPS) is 11.0. The Bertz CT molecular complexity index is 109. The van der Waals surface area contributed by atoms with E-state index in [1.54, 1.807) is 0 Å². The third kappa shape index (κ3) is 2.04. The molecule has 10 heavy (non-hydrogen) atoms. The molecule has 0 aliphatic heterocycles. The zero-order valence-corrected chi connectivity index (χ0v) is 7.35. The second-order valence-electron chi connectivity index (χ2n) is 2.65. The summed E-state index contributed by atoms with van der Waals surface area (Å²) in [5, 5.41) is 0. The lowest BCUT2D eigenvalue weighted by Crippen LogP contribution is -2.47. The molecule has 0 N–H and O–H groups in total. The van der Waals surface area contributed by atoms with Gasteiger partial charge in [-0.05, 0) is 26.7 Å². The maximum Gasteiger partial charge on any atom is 0.140 e. The predicted octanol–water partition coefficient (Wildman–Crippen LogP) is 1.50. The molecule has 0 saturated heterocycles. The van der Waals surface area contributed by atoms with Crippen molar-refractivity contribution in [3.05, 3.63) is 0 Å². The first-order valence-corrected chi connectivity index (χ1v) is 4.03. The lowest BCUT2D eigenvalue weighted by molar-refractivity contribution is -0.916.